The van der Waals surface area contributed by atoms with Gasteiger partial charge in [0.2, 0.25) is 5.91 Å². The number of ether oxygens (including phenoxy) is 1. The SMILES string of the molecule is CCC(=O)N1CC(N2CCOCC2)C1. The first-order valence-corrected chi connectivity index (χ1v) is 5.41. The largest absolute Gasteiger partial charge is 0.379 e. The first-order valence-electron chi connectivity index (χ1n) is 5.41. The van der Waals surface area contributed by atoms with Gasteiger partial charge in [-0.15, -0.1) is 0 Å². The highest BCUT2D eigenvalue weighted by atomic mass is 16.5. The molecule has 4 nitrogen and oxygen atoms in total. The van der Waals surface area contributed by atoms with Gasteiger partial charge in [-0.3, -0.25) is 9.69 Å². The van der Waals surface area contributed by atoms with E-state index in [2.05, 4.69) is 4.90 Å². The summed E-state index contributed by atoms with van der Waals surface area (Å²) in [6.07, 6.45) is 0.635. The highest BCUT2D eigenvalue weighted by molar-refractivity contribution is 5.76. The van der Waals surface area contributed by atoms with Gasteiger partial charge < -0.3 is 9.64 Å². The second kappa shape index (κ2) is 4.28. The molecule has 0 N–H and O–H groups in total. The number of nitrogens with zero attached hydrogens (tertiary/aromatic N) is 2. The summed E-state index contributed by atoms with van der Waals surface area (Å²) < 4.78 is 5.29. The van der Waals surface area contributed by atoms with Crippen molar-refractivity contribution in [2.45, 2.75) is 19.4 Å². The molecule has 0 saturated carbocycles. The lowest BCUT2D eigenvalue weighted by molar-refractivity contribution is -0.139. The van der Waals surface area contributed by atoms with Crippen molar-refractivity contribution in [3.8, 4) is 0 Å². The van der Waals surface area contributed by atoms with Gasteiger partial charge in [-0.25, -0.2) is 0 Å². The molecule has 2 heterocycles. The monoisotopic (exact) mass is 198 g/mol. The molecule has 1 amide bonds. The van der Waals surface area contributed by atoms with E-state index in [-0.39, 0.29) is 5.91 Å². The van der Waals surface area contributed by atoms with E-state index in [1.807, 2.05) is 11.8 Å². The van der Waals surface area contributed by atoms with Crippen LogP contribution < -0.4 is 0 Å². The van der Waals surface area contributed by atoms with Crippen LogP contribution in [0.3, 0.4) is 0 Å². The van der Waals surface area contributed by atoms with E-state index in [4.69, 9.17) is 4.74 Å². The molecule has 2 aliphatic rings. The Morgan fingerprint density at radius 2 is 2.00 bits per heavy atom. The van der Waals surface area contributed by atoms with Crippen molar-refractivity contribution in [3.63, 3.8) is 0 Å². The Balaban J connectivity index is 1.73. The summed E-state index contributed by atoms with van der Waals surface area (Å²) >= 11 is 0. The molecule has 14 heavy (non-hydrogen) atoms. The molecule has 2 fully saturated rings. The second-order valence-electron chi connectivity index (χ2n) is 3.95. The molecular weight excluding hydrogens is 180 g/mol. The van der Waals surface area contributed by atoms with Gasteiger partial charge in [0.15, 0.2) is 0 Å². The summed E-state index contributed by atoms with van der Waals surface area (Å²) in [6.45, 7) is 7.51. The Hall–Kier alpha value is -0.610. The maximum Gasteiger partial charge on any atom is 0.222 e. The van der Waals surface area contributed by atoms with E-state index in [1.54, 1.807) is 0 Å². The molecule has 0 aliphatic carbocycles. The third-order valence-electron chi connectivity index (χ3n) is 3.08. The number of carbonyl (C=O) groups is 1. The van der Waals surface area contributed by atoms with E-state index in [0.29, 0.717) is 12.5 Å². The lowest BCUT2D eigenvalue weighted by Gasteiger charge is -2.46. The molecule has 2 aliphatic heterocycles. The fraction of sp³-hybridized carbons (Fsp3) is 0.900. The van der Waals surface area contributed by atoms with Crippen molar-refractivity contribution in [3.05, 3.63) is 0 Å². The van der Waals surface area contributed by atoms with Gasteiger partial charge >= 0.3 is 0 Å². The summed E-state index contributed by atoms with van der Waals surface area (Å²) in [5, 5.41) is 0. The summed E-state index contributed by atoms with van der Waals surface area (Å²) in [6, 6.07) is 0.592. The molecular formula is C10H18N2O2. The third-order valence-corrected chi connectivity index (χ3v) is 3.08. The second-order valence-corrected chi connectivity index (χ2v) is 3.95. The quantitative estimate of drug-likeness (QED) is 0.623. The molecule has 0 aromatic heterocycles. The fourth-order valence-corrected chi connectivity index (χ4v) is 2.06. The van der Waals surface area contributed by atoms with Crippen molar-refractivity contribution < 1.29 is 9.53 Å². The summed E-state index contributed by atoms with van der Waals surface area (Å²) in [5.74, 6) is 0.287. The maximum absolute atomic E-state index is 11.3. The number of hydrogen-bond acceptors (Lipinski definition) is 3. The van der Waals surface area contributed by atoms with Crippen LogP contribution in [-0.4, -0.2) is 61.1 Å². The predicted molar refractivity (Wildman–Crippen MR) is 53.1 cm³/mol. The number of amides is 1. The number of morpholine rings is 1. The van der Waals surface area contributed by atoms with E-state index in [9.17, 15) is 4.79 Å². The van der Waals surface area contributed by atoms with Gasteiger partial charge in [0.25, 0.3) is 0 Å². The van der Waals surface area contributed by atoms with Crippen molar-refractivity contribution in [2.24, 2.45) is 0 Å². The van der Waals surface area contributed by atoms with Gasteiger partial charge in [0.05, 0.1) is 13.2 Å². The van der Waals surface area contributed by atoms with Gasteiger partial charge in [-0.1, -0.05) is 6.92 Å². The Morgan fingerprint density at radius 3 is 2.57 bits per heavy atom. The third kappa shape index (κ3) is 1.91. The summed E-state index contributed by atoms with van der Waals surface area (Å²) in [7, 11) is 0. The van der Waals surface area contributed by atoms with E-state index >= 15 is 0 Å². The van der Waals surface area contributed by atoms with E-state index in [1.165, 1.54) is 0 Å². The Morgan fingerprint density at radius 1 is 1.36 bits per heavy atom. The van der Waals surface area contributed by atoms with Crippen LogP contribution >= 0.6 is 0 Å². The molecule has 0 aromatic carbocycles. The van der Waals surface area contributed by atoms with Crippen LogP contribution in [0.15, 0.2) is 0 Å². The molecule has 80 valence electrons. The first-order chi connectivity index (χ1) is 6.81. The average Bonchev–Trinajstić information content (AvgIpc) is 2.17. The molecule has 0 atom stereocenters. The lowest BCUT2D eigenvalue weighted by Crippen LogP contribution is -2.62. The highest BCUT2D eigenvalue weighted by Crippen LogP contribution is 2.16. The first kappa shape index (κ1) is 9.93. The Labute approximate surface area is 84.8 Å². The highest BCUT2D eigenvalue weighted by Gasteiger charge is 2.34. The summed E-state index contributed by atoms with van der Waals surface area (Å²) in [4.78, 5) is 15.7. The Kier molecular flexibility index (Phi) is 3.03. The normalized spacial score (nSPS) is 24.8. The molecule has 4 heteroatoms. The van der Waals surface area contributed by atoms with Crippen molar-refractivity contribution in [1.29, 1.82) is 0 Å². The molecule has 2 rings (SSSR count). The molecule has 0 spiro atoms. The van der Waals surface area contributed by atoms with E-state index < -0.39 is 0 Å². The van der Waals surface area contributed by atoms with Gasteiger partial charge in [-0.05, 0) is 0 Å². The number of hydrogen-bond donors (Lipinski definition) is 0. The fourth-order valence-electron chi connectivity index (χ4n) is 2.06. The van der Waals surface area contributed by atoms with Crippen LogP contribution in [0.25, 0.3) is 0 Å². The smallest absolute Gasteiger partial charge is 0.222 e. The number of likely N-dealkylation sites (tertiary alicyclic amines) is 1. The minimum absolute atomic E-state index is 0.287. The zero-order chi connectivity index (χ0) is 9.97. The topological polar surface area (TPSA) is 32.8 Å². The van der Waals surface area contributed by atoms with Crippen molar-refractivity contribution in [2.75, 3.05) is 39.4 Å². The zero-order valence-electron chi connectivity index (χ0n) is 8.74. The minimum Gasteiger partial charge on any atom is -0.379 e. The van der Waals surface area contributed by atoms with E-state index in [0.717, 1.165) is 39.4 Å². The van der Waals surface area contributed by atoms with Crippen LogP contribution in [0.1, 0.15) is 13.3 Å². The van der Waals surface area contributed by atoms with Crippen LogP contribution in [0, 0.1) is 0 Å². The lowest BCUT2D eigenvalue weighted by atomic mass is 10.1. The molecule has 0 bridgehead atoms. The Bertz CT molecular complexity index is 208. The van der Waals surface area contributed by atoms with Gasteiger partial charge in [-0.2, -0.15) is 0 Å². The maximum atomic E-state index is 11.3. The van der Waals surface area contributed by atoms with Crippen LogP contribution in [0.2, 0.25) is 0 Å². The standard InChI is InChI=1S/C10H18N2O2/c1-2-10(13)12-7-9(8-12)11-3-5-14-6-4-11/h9H,2-8H2,1H3. The number of carbonyl (C=O) groups excluding carboxylic acids is 1. The van der Waals surface area contributed by atoms with Gasteiger partial charge in [0, 0.05) is 38.6 Å². The molecule has 0 aromatic rings. The van der Waals surface area contributed by atoms with Crippen molar-refractivity contribution in [1.82, 2.24) is 9.80 Å². The predicted octanol–water partition coefficient (Wildman–Crippen LogP) is -0.0606. The van der Waals surface area contributed by atoms with Crippen molar-refractivity contribution >= 4 is 5.91 Å². The average molecular weight is 198 g/mol. The number of rotatable bonds is 2. The molecule has 0 radical (unpaired) electrons. The van der Waals surface area contributed by atoms with Crippen LogP contribution in [0.5, 0.6) is 0 Å². The summed E-state index contributed by atoms with van der Waals surface area (Å²) in [5.41, 5.74) is 0. The van der Waals surface area contributed by atoms with Gasteiger partial charge in [0.1, 0.15) is 0 Å². The molecule has 0 unspecified atom stereocenters. The van der Waals surface area contributed by atoms with Crippen LogP contribution in [0.4, 0.5) is 0 Å². The minimum atomic E-state index is 0.287. The molecule has 2 saturated heterocycles. The zero-order valence-corrected chi connectivity index (χ0v) is 8.74. The van der Waals surface area contributed by atoms with Crippen LogP contribution in [-0.2, 0) is 9.53 Å².